The highest BCUT2D eigenvalue weighted by Crippen LogP contribution is 2.47. The molecule has 0 aliphatic carbocycles. The summed E-state index contributed by atoms with van der Waals surface area (Å²) in [6, 6.07) is 0. The number of nitrogens with one attached hydrogen (secondary N) is 1. The molecule has 150 valence electrons. The normalized spacial score (nSPS) is 37.8. The quantitative estimate of drug-likeness (QED) is 0.695. The summed E-state index contributed by atoms with van der Waals surface area (Å²) in [6.45, 7) is 8.05. The molecule has 0 aromatic heterocycles. The van der Waals surface area contributed by atoms with Crippen LogP contribution in [0.25, 0.3) is 0 Å². The summed E-state index contributed by atoms with van der Waals surface area (Å²) in [6.07, 6.45) is -1.66. The van der Waals surface area contributed by atoms with Crippen LogP contribution in [0.15, 0.2) is 0 Å². The van der Waals surface area contributed by atoms with Gasteiger partial charge in [0.05, 0.1) is 6.61 Å². The summed E-state index contributed by atoms with van der Waals surface area (Å²) in [5.74, 6) is -4.05. The van der Waals surface area contributed by atoms with Crippen LogP contribution in [-0.4, -0.2) is 63.2 Å². The maximum atomic E-state index is 12.0. The Morgan fingerprint density at radius 1 is 1.15 bits per heavy atom. The van der Waals surface area contributed by atoms with E-state index in [2.05, 4.69) is 0 Å². The van der Waals surface area contributed by atoms with Crippen molar-refractivity contribution in [2.75, 3.05) is 13.2 Å². The van der Waals surface area contributed by atoms with Crippen molar-refractivity contribution in [2.24, 2.45) is 0 Å². The lowest BCUT2D eigenvalue weighted by Crippen LogP contribution is -2.60. The smallest absolute Gasteiger partial charge is 0.343 e. The highest BCUT2D eigenvalue weighted by molar-refractivity contribution is 7.85. The number of carbonyl (C=O) groups is 1. The molecule has 0 aromatic carbocycles. The molecule has 0 spiro atoms. The van der Waals surface area contributed by atoms with Crippen molar-refractivity contribution in [3.8, 4) is 0 Å². The fraction of sp³-hybridized carbons (Fsp3) is 0.933. The van der Waals surface area contributed by atoms with Crippen LogP contribution >= 0.6 is 0 Å². The SMILES string of the molecule is CCC(=O)NS(=O)(=O)OC[C@@]12OC[C@H]3OC(C)(C)O[C@H]3C1OC(C)(C)O2. The molecule has 1 unspecified atom stereocenters. The van der Waals surface area contributed by atoms with Gasteiger partial charge in [-0.3, -0.25) is 4.79 Å². The van der Waals surface area contributed by atoms with Crippen molar-refractivity contribution in [3.63, 3.8) is 0 Å². The summed E-state index contributed by atoms with van der Waals surface area (Å²) in [5.41, 5.74) is 0. The lowest BCUT2D eigenvalue weighted by Gasteiger charge is -2.40. The molecule has 0 radical (unpaired) electrons. The molecular weight excluding hydrogens is 370 g/mol. The minimum atomic E-state index is -4.31. The van der Waals surface area contributed by atoms with Gasteiger partial charge in [0.1, 0.15) is 24.9 Å². The van der Waals surface area contributed by atoms with E-state index in [1.165, 1.54) is 6.92 Å². The van der Waals surface area contributed by atoms with Gasteiger partial charge in [0.15, 0.2) is 11.6 Å². The molecule has 4 atom stereocenters. The highest BCUT2D eigenvalue weighted by atomic mass is 32.2. The van der Waals surface area contributed by atoms with Gasteiger partial charge >= 0.3 is 10.3 Å². The molecule has 10 nitrogen and oxygen atoms in total. The van der Waals surface area contributed by atoms with Crippen molar-refractivity contribution in [3.05, 3.63) is 0 Å². The monoisotopic (exact) mass is 395 g/mol. The summed E-state index contributed by atoms with van der Waals surface area (Å²) in [4.78, 5) is 11.3. The number of fused-ring (bicyclic) bond motifs is 3. The molecular formula is C15H25NO9S. The van der Waals surface area contributed by atoms with Crippen LogP contribution in [0, 0.1) is 0 Å². The van der Waals surface area contributed by atoms with E-state index in [9.17, 15) is 13.2 Å². The summed E-state index contributed by atoms with van der Waals surface area (Å²) < 4.78 is 60.0. The van der Waals surface area contributed by atoms with Crippen LogP contribution in [0.1, 0.15) is 41.0 Å². The fourth-order valence-electron chi connectivity index (χ4n) is 3.35. The molecule has 0 saturated carbocycles. The minimum Gasteiger partial charge on any atom is -0.343 e. The Kier molecular flexibility index (Phi) is 4.88. The molecule has 26 heavy (non-hydrogen) atoms. The third kappa shape index (κ3) is 3.88. The Hall–Kier alpha value is -0.820. The Morgan fingerprint density at radius 3 is 2.50 bits per heavy atom. The average molecular weight is 395 g/mol. The van der Waals surface area contributed by atoms with Gasteiger partial charge in [0.2, 0.25) is 11.7 Å². The van der Waals surface area contributed by atoms with Gasteiger partial charge in [-0.25, -0.2) is 8.91 Å². The van der Waals surface area contributed by atoms with Gasteiger partial charge < -0.3 is 23.7 Å². The summed E-state index contributed by atoms with van der Waals surface area (Å²) in [5, 5.41) is 0. The minimum absolute atomic E-state index is 0.00349. The fourth-order valence-corrected chi connectivity index (χ4v) is 4.15. The second-order valence-corrected chi connectivity index (χ2v) is 8.74. The Bertz CT molecular complexity index is 677. The van der Waals surface area contributed by atoms with Crippen molar-refractivity contribution in [1.29, 1.82) is 0 Å². The maximum Gasteiger partial charge on any atom is 0.362 e. The number of rotatable bonds is 5. The first kappa shape index (κ1) is 19.9. The van der Waals surface area contributed by atoms with E-state index in [0.717, 1.165) is 0 Å². The van der Waals surface area contributed by atoms with Gasteiger partial charge in [-0.2, -0.15) is 8.42 Å². The first-order valence-electron chi connectivity index (χ1n) is 8.45. The predicted octanol–water partition coefficient (Wildman–Crippen LogP) is 0.172. The van der Waals surface area contributed by atoms with Crippen molar-refractivity contribution in [2.45, 2.75) is 76.7 Å². The summed E-state index contributed by atoms with van der Waals surface area (Å²) in [7, 11) is -4.31. The first-order chi connectivity index (χ1) is 11.9. The van der Waals surface area contributed by atoms with Gasteiger partial charge in [-0.05, 0) is 27.7 Å². The van der Waals surface area contributed by atoms with E-state index < -0.39 is 52.4 Å². The van der Waals surface area contributed by atoms with Crippen LogP contribution in [0.4, 0.5) is 0 Å². The average Bonchev–Trinajstić information content (AvgIpc) is 2.96. The second-order valence-electron chi connectivity index (χ2n) is 7.40. The van der Waals surface area contributed by atoms with Gasteiger partial charge in [-0.15, -0.1) is 0 Å². The number of carbonyl (C=O) groups excluding carboxylic acids is 1. The number of hydrogen-bond donors (Lipinski definition) is 1. The topological polar surface area (TPSA) is 119 Å². The van der Waals surface area contributed by atoms with Crippen LogP contribution < -0.4 is 4.72 Å². The van der Waals surface area contributed by atoms with E-state index >= 15 is 0 Å². The Balaban J connectivity index is 1.79. The molecule has 11 heteroatoms. The molecule has 1 N–H and O–H groups in total. The van der Waals surface area contributed by atoms with E-state index in [1.54, 1.807) is 32.4 Å². The third-order valence-corrected chi connectivity index (χ3v) is 5.16. The first-order valence-corrected chi connectivity index (χ1v) is 9.85. The zero-order valence-corrected chi connectivity index (χ0v) is 16.3. The molecule has 3 aliphatic heterocycles. The predicted molar refractivity (Wildman–Crippen MR) is 85.9 cm³/mol. The molecule has 0 aromatic rings. The molecule has 3 heterocycles. The van der Waals surface area contributed by atoms with Crippen molar-refractivity contribution in [1.82, 2.24) is 4.72 Å². The van der Waals surface area contributed by atoms with Gasteiger partial charge in [0, 0.05) is 6.42 Å². The van der Waals surface area contributed by atoms with E-state index in [0.29, 0.717) is 0 Å². The van der Waals surface area contributed by atoms with E-state index in [1.807, 2.05) is 0 Å². The van der Waals surface area contributed by atoms with E-state index in [4.69, 9.17) is 27.9 Å². The molecule has 3 fully saturated rings. The zero-order valence-electron chi connectivity index (χ0n) is 15.4. The number of amides is 1. The molecule has 3 aliphatic rings. The molecule has 3 saturated heterocycles. The van der Waals surface area contributed by atoms with Crippen molar-refractivity contribution < 1.29 is 41.1 Å². The lowest BCUT2D eigenvalue weighted by molar-refractivity contribution is -0.290. The zero-order chi connectivity index (χ0) is 19.4. The maximum absolute atomic E-state index is 12.0. The highest BCUT2D eigenvalue weighted by Gasteiger charge is 2.65. The van der Waals surface area contributed by atoms with Crippen molar-refractivity contribution >= 4 is 16.2 Å². The number of ether oxygens (including phenoxy) is 5. The van der Waals surface area contributed by atoms with Crippen LogP contribution in [-0.2, 0) is 43.0 Å². The third-order valence-electron chi connectivity index (χ3n) is 4.25. The largest absolute Gasteiger partial charge is 0.362 e. The van der Waals surface area contributed by atoms with Gasteiger partial charge in [0.25, 0.3) is 0 Å². The van der Waals surface area contributed by atoms with E-state index in [-0.39, 0.29) is 19.1 Å². The number of hydrogen-bond acceptors (Lipinski definition) is 9. The van der Waals surface area contributed by atoms with Crippen LogP contribution in [0.2, 0.25) is 0 Å². The molecule has 0 bridgehead atoms. The van der Waals surface area contributed by atoms with Crippen LogP contribution in [0.3, 0.4) is 0 Å². The molecule has 1 amide bonds. The Morgan fingerprint density at radius 2 is 1.85 bits per heavy atom. The van der Waals surface area contributed by atoms with Gasteiger partial charge in [-0.1, -0.05) is 6.92 Å². The lowest BCUT2D eigenvalue weighted by atomic mass is 9.98. The second kappa shape index (κ2) is 6.36. The summed E-state index contributed by atoms with van der Waals surface area (Å²) >= 11 is 0. The van der Waals surface area contributed by atoms with Crippen LogP contribution in [0.5, 0.6) is 0 Å². The Labute approximate surface area is 152 Å². The standard InChI is InChI=1S/C15H25NO9S/c1-6-10(17)16-26(18,19)21-8-15-12(24-14(4,5)25-15)11-9(7-20-15)22-13(2,3)23-11/h9,11-12H,6-8H2,1-5H3,(H,16,17)/t9-,11-,12?,15+/m1/s1. The molecule has 3 rings (SSSR count).